The maximum absolute atomic E-state index is 12.6. The second kappa shape index (κ2) is 7.26. The molecule has 0 aliphatic carbocycles. The molecule has 1 N–H and O–H groups in total. The summed E-state index contributed by atoms with van der Waals surface area (Å²) in [5.41, 5.74) is 0.786. The summed E-state index contributed by atoms with van der Waals surface area (Å²) in [6, 6.07) is 2.85. The molecular weight excluding hydrogens is 395 g/mol. The molecule has 0 aliphatic heterocycles. The van der Waals surface area contributed by atoms with E-state index in [-0.39, 0.29) is 26.5 Å². The molecule has 10 heteroatoms. The van der Waals surface area contributed by atoms with Gasteiger partial charge in [0, 0.05) is 5.02 Å². The van der Waals surface area contributed by atoms with Crippen molar-refractivity contribution in [1.29, 1.82) is 0 Å². The van der Waals surface area contributed by atoms with E-state index >= 15 is 0 Å². The van der Waals surface area contributed by atoms with Gasteiger partial charge in [0.05, 0.1) is 17.3 Å². The van der Waals surface area contributed by atoms with Crippen LogP contribution >= 0.6 is 34.5 Å². The first-order valence-corrected chi connectivity index (χ1v) is 9.84. The highest BCUT2D eigenvalue weighted by molar-refractivity contribution is 7.93. The van der Waals surface area contributed by atoms with Gasteiger partial charge in [0.1, 0.15) is 9.77 Å². The smallest absolute Gasteiger partial charge is 0.350 e. The van der Waals surface area contributed by atoms with E-state index in [0.717, 1.165) is 11.3 Å². The van der Waals surface area contributed by atoms with Crippen molar-refractivity contribution in [3.63, 3.8) is 0 Å². The lowest BCUT2D eigenvalue weighted by Gasteiger charge is -2.10. The van der Waals surface area contributed by atoms with Crippen LogP contribution in [-0.2, 0) is 14.8 Å². The molecule has 6 nitrogen and oxygen atoms in total. The predicted molar refractivity (Wildman–Crippen MR) is 94.8 cm³/mol. The number of ether oxygens (including phenoxy) is 1. The number of aryl methyl sites for hydroxylation is 2. The van der Waals surface area contributed by atoms with Crippen LogP contribution in [0.4, 0.5) is 5.13 Å². The standard InChI is InChI=1S/C14H14Cl2N2O4S2/c1-4-22-13(19)11-8(3)17-14(23-11)18-24(20,21)12-7(2)5-9(15)6-10(12)16/h5-6H,4H2,1-3H3,(H,17,18). The largest absolute Gasteiger partial charge is 0.462 e. The summed E-state index contributed by atoms with van der Waals surface area (Å²) in [5.74, 6) is -0.543. The summed E-state index contributed by atoms with van der Waals surface area (Å²) in [5, 5.41) is 0.401. The van der Waals surface area contributed by atoms with Gasteiger partial charge in [-0.2, -0.15) is 0 Å². The van der Waals surface area contributed by atoms with E-state index in [1.165, 1.54) is 12.1 Å². The predicted octanol–water partition coefficient (Wildman–Crippen LogP) is 4.04. The number of nitrogens with zero attached hydrogens (tertiary/aromatic N) is 1. The highest BCUT2D eigenvalue weighted by Gasteiger charge is 2.24. The first kappa shape index (κ1) is 19.0. The first-order chi connectivity index (χ1) is 11.2. The molecule has 0 spiro atoms. The van der Waals surface area contributed by atoms with Gasteiger partial charge in [-0.15, -0.1) is 0 Å². The van der Waals surface area contributed by atoms with E-state index in [4.69, 9.17) is 27.9 Å². The number of hydrogen-bond donors (Lipinski definition) is 1. The Hall–Kier alpha value is -1.35. The molecular formula is C14H14Cl2N2O4S2. The van der Waals surface area contributed by atoms with Crippen LogP contribution in [0.15, 0.2) is 17.0 Å². The van der Waals surface area contributed by atoms with Crippen molar-refractivity contribution in [3.8, 4) is 0 Å². The van der Waals surface area contributed by atoms with Crippen LogP contribution in [0.1, 0.15) is 27.9 Å². The molecule has 0 amide bonds. The van der Waals surface area contributed by atoms with Gasteiger partial charge in [-0.25, -0.2) is 18.2 Å². The summed E-state index contributed by atoms with van der Waals surface area (Å²) in [6.45, 7) is 5.09. The molecule has 2 rings (SSSR count). The van der Waals surface area contributed by atoms with Gasteiger partial charge in [-0.05, 0) is 38.5 Å². The summed E-state index contributed by atoms with van der Waals surface area (Å²) in [7, 11) is -3.98. The van der Waals surface area contributed by atoms with Crippen molar-refractivity contribution in [3.05, 3.63) is 38.3 Å². The minimum Gasteiger partial charge on any atom is -0.462 e. The third kappa shape index (κ3) is 4.00. The Balaban J connectivity index is 2.38. The lowest BCUT2D eigenvalue weighted by Crippen LogP contribution is -2.14. The number of hydrogen-bond acceptors (Lipinski definition) is 6. The molecule has 1 heterocycles. The van der Waals surface area contributed by atoms with Gasteiger partial charge < -0.3 is 4.74 Å². The van der Waals surface area contributed by atoms with Gasteiger partial charge in [0.2, 0.25) is 0 Å². The van der Waals surface area contributed by atoms with Crippen molar-refractivity contribution in [2.45, 2.75) is 25.7 Å². The average Bonchev–Trinajstić information content (AvgIpc) is 2.77. The number of thiazole rings is 1. The summed E-state index contributed by atoms with van der Waals surface area (Å²) >= 11 is 12.8. The Morgan fingerprint density at radius 2 is 2.00 bits per heavy atom. The number of carbonyl (C=O) groups excluding carboxylic acids is 1. The van der Waals surface area contributed by atoms with Gasteiger partial charge in [-0.1, -0.05) is 34.5 Å². The third-order valence-electron chi connectivity index (χ3n) is 2.94. The second-order valence-electron chi connectivity index (χ2n) is 4.79. The van der Waals surface area contributed by atoms with E-state index in [1.807, 2.05) is 0 Å². The van der Waals surface area contributed by atoms with Crippen molar-refractivity contribution in [2.75, 3.05) is 11.3 Å². The fourth-order valence-corrected chi connectivity index (χ4v) is 5.30. The molecule has 0 aliphatic rings. The van der Waals surface area contributed by atoms with Gasteiger partial charge in [0.25, 0.3) is 10.0 Å². The summed E-state index contributed by atoms with van der Waals surface area (Å²) < 4.78 is 32.4. The van der Waals surface area contributed by atoms with Crippen LogP contribution in [-0.4, -0.2) is 26.0 Å². The van der Waals surface area contributed by atoms with Crippen molar-refractivity contribution < 1.29 is 17.9 Å². The van der Waals surface area contributed by atoms with E-state index in [9.17, 15) is 13.2 Å². The van der Waals surface area contributed by atoms with Crippen LogP contribution < -0.4 is 4.72 Å². The zero-order chi connectivity index (χ0) is 18.1. The molecule has 0 radical (unpaired) electrons. The fraction of sp³-hybridized carbons (Fsp3) is 0.286. The molecule has 1 aromatic heterocycles. The molecule has 2 aromatic rings. The van der Waals surface area contributed by atoms with Gasteiger partial charge >= 0.3 is 5.97 Å². The first-order valence-electron chi connectivity index (χ1n) is 6.78. The van der Waals surface area contributed by atoms with E-state index in [2.05, 4.69) is 9.71 Å². The molecule has 0 atom stereocenters. The Bertz CT molecular complexity index is 871. The average molecular weight is 409 g/mol. The SMILES string of the molecule is CCOC(=O)c1sc(NS(=O)(=O)c2c(C)cc(Cl)cc2Cl)nc1C. The van der Waals surface area contributed by atoms with Crippen molar-refractivity contribution in [1.82, 2.24) is 4.98 Å². The zero-order valence-electron chi connectivity index (χ0n) is 13.0. The highest BCUT2D eigenvalue weighted by Crippen LogP contribution is 2.32. The molecule has 0 fully saturated rings. The topological polar surface area (TPSA) is 85.4 Å². The van der Waals surface area contributed by atoms with E-state index in [1.54, 1.807) is 20.8 Å². The fourth-order valence-electron chi connectivity index (χ4n) is 2.02. The van der Waals surface area contributed by atoms with Crippen LogP contribution in [0.25, 0.3) is 0 Å². The van der Waals surface area contributed by atoms with Gasteiger partial charge in [0.15, 0.2) is 5.13 Å². The molecule has 0 saturated carbocycles. The maximum Gasteiger partial charge on any atom is 0.350 e. The monoisotopic (exact) mass is 408 g/mol. The van der Waals surface area contributed by atoms with Crippen molar-refractivity contribution >= 4 is 55.7 Å². The van der Waals surface area contributed by atoms with Crippen molar-refractivity contribution in [2.24, 2.45) is 0 Å². The summed E-state index contributed by atoms with van der Waals surface area (Å²) in [4.78, 5) is 16.0. The lowest BCUT2D eigenvalue weighted by atomic mass is 10.2. The molecule has 0 saturated heterocycles. The Labute approximate surface area is 153 Å². The number of rotatable bonds is 5. The second-order valence-corrected chi connectivity index (χ2v) is 8.26. The number of anilines is 1. The lowest BCUT2D eigenvalue weighted by molar-refractivity contribution is 0.0531. The molecule has 0 unspecified atom stereocenters. The van der Waals surface area contributed by atoms with E-state index in [0.29, 0.717) is 16.3 Å². The third-order valence-corrected chi connectivity index (χ3v) is 6.29. The molecule has 24 heavy (non-hydrogen) atoms. The minimum atomic E-state index is -3.98. The number of esters is 1. The zero-order valence-corrected chi connectivity index (χ0v) is 16.2. The number of aromatic nitrogens is 1. The normalized spacial score (nSPS) is 11.4. The maximum atomic E-state index is 12.6. The van der Waals surface area contributed by atoms with Crippen LogP contribution in [0, 0.1) is 13.8 Å². The van der Waals surface area contributed by atoms with Crippen LogP contribution in [0.3, 0.4) is 0 Å². The number of halogens is 2. The Kier molecular flexibility index (Phi) is 5.74. The van der Waals surface area contributed by atoms with Gasteiger partial charge in [-0.3, -0.25) is 4.72 Å². The number of carbonyl (C=O) groups is 1. The van der Waals surface area contributed by atoms with Crippen LogP contribution in [0.5, 0.6) is 0 Å². The molecule has 0 bridgehead atoms. The highest BCUT2D eigenvalue weighted by atomic mass is 35.5. The number of benzene rings is 1. The van der Waals surface area contributed by atoms with Crippen LogP contribution in [0.2, 0.25) is 10.0 Å². The Morgan fingerprint density at radius 3 is 2.58 bits per heavy atom. The summed E-state index contributed by atoms with van der Waals surface area (Å²) in [6.07, 6.45) is 0. The minimum absolute atomic E-state index is 0.00592. The number of sulfonamides is 1. The Morgan fingerprint density at radius 1 is 1.33 bits per heavy atom. The number of nitrogens with one attached hydrogen (secondary N) is 1. The molecule has 130 valence electrons. The molecule has 1 aromatic carbocycles. The quantitative estimate of drug-likeness (QED) is 0.754. The van der Waals surface area contributed by atoms with E-state index < -0.39 is 16.0 Å².